The van der Waals surface area contributed by atoms with E-state index in [1.165, 1.54) is 0 Å². The van der Waals surface area contributed by atoms with E-state index in [1.807, 2.05) is 45.0 Å². The molecule has 20 heavy (non-hydrogen) atoms. The van der Waals surface area contributed by atoms with Gasteiger partial charge in [0.25, 0.3) is 0 Å². The molecule has 0 radical (unpaired) electrons. The van der Waals surface area contributed by atoms with Crippen molar-refractivity contribution in [3.8, 4) is 17.1 Å². The van der Waals surface area contributed by atoms with E-state index in [-0.39, 0.29) is 6.10 Å². The Hall–Kier alpha value is -2.10. The number of hydrogen-bond donors (Lipinski definition) is 1. The number of nitrogen functional groups attached to an aromatic ring is 1. The van der Waals surface area contributed by atoms with Gasteiger partial charge in [-0.3, -0.25) is 0 Å². The lowest BCUT2D eigenvalue weighted by atomic mass is 10.1. The molecule has 0 unspecified atom stereocenters. The van der Waals surface area contributed by atoms with Crippen molar-refractivity contribution in [2.75, 3.05) is 5.73 Å². The highest BCUT2D eigenvalue weighted by Gasteiger charge is 2.09. The van der Waals surface area contributed by atoms with Crippen LogP contribution in [-0.4, -0.2) is 16.1 Å². The molecule has 0 saturated heterocycles. The third-order valence-electron chi connectivity index (χ3n) is 3.10. The average molecular weight is 271 g/mol. The lowest BCUT2D eigenvalue weighted by molar-refractivity contribution is 0.242. The third kappa shape index (κ3) is 3.07. The largest absolute Gasteiger partial charge is 0.491 e. The Kier molecular flexibility index (Phi) is 4.23. The summed E-state index contributed by atoms with van der Waals surface area (Å²) in [4.78, 5) is 8.95. The van der Waals surface area contributed by atoms with E-state index in [4.69, 9.17) is 10.5 Å². The SMILES string of the molecule is CCc1nc(-c2ccc(OC(C)C)cc2)nc(N)c1C. The zero-order valence-corrected chi connectivity index (χ0v) is 12.5. The van der Waals surface area contributed by atoms with Gasteiger partial charge in [-0.25, -0.2) is 9.97 Å². The fraction of sp³-hybridized carbons (Fsp3) is 0.375. The van der Waals surface area contributed by atoms with E-state index in [1.54, 1.807) is 0 Å². The van der Waals surface area contributed by atoms with Crippen LogP contribution in [-0.2, 0) is 6.42 Å². The number of benzene rings is 1. The summed E-state index contributed by atoms with van der Waals surface area (Å²) in [6.07, 6.45) is 1.01. The predicted octanol–water partition coefficient (Wildman–Crippen LogP) is 3.38. The molecule has 106 valence electrons. The van der Waals surface area contributed by atoms with Crippen LogP contribution in [0.5, 0.6) is 5.75 Å². The average Bonchev–Trinajstić information content (AvgIpc) is 2.42. The summed E-state index contributed by atoms with van der Waals surface area (Å²) >= 11 is 0. The van der Waals surface area contributed by atoms with E-state index < -0.39 is 0 Å². The van der Waals surface area contributed by atoms with Gasteiger partial charge in [0.15, 0.2) is 5.82 Å². The molecule has 0 amide bonds. The monoisotopic (exact) mass is 271 g/mol. The van der Waals surface area contributed by atoms with Crippen molar-refractivity contribution in [3.63, 3.8) is 0 Å². The molecule has 2 N–H and O–H groups in total. The highest BCUT2D eigenvalue weighted by Crippen LogP contribution is 2.23. The van der Waals surface area contributed by atoms with Crippen LogP contribution in [0, 0.1) is 6.92 Å². The van der Waals surface area contributed by atoms with Gasteiger partial charge in [-0.2, -0.15) is 0 Å². The van der Waals surface area contributed by atoms with Crippen LogP contribution in [0.25, 0.3) is 11.4 Å². The molecule has 0 saturated carbocycles. The zero-order chi connectivity index (χ0) is 14.7. The first-order valence-corrected chi connectivity index (χ1v) is 6.91. The summed E-state index contributed by atoms with van der Waals surface area (Å²) in [5.41, 5.74) is 8.87. The molecular weight excluding hydrogens is 250 g/mol. The second-order valence-corrected chi connectivity index (χ2v) is 5.05. The van der Waals surface area contributed by atoms with Gasteiger partial charge in [0.05, 0.1) is 6.10 Å². The smallest absolute Gasteiger partial charge is 0.161 e. The number of anilines is 1. The quantitative estimate of drug-likeness (QED) is 0.926. The lowest BCUT2D eigenvalue weighted by Crippen LogP contribution is -2.06. The van der Waals surface area contributed by atoms with Crippen molar-refractivity contribution in [3.05, 3.63) is 35.5 Å². The number of aryl methyl sites for hydroxylation is 1. The van der Waals surface area contributed by atoms with E-state index in [0.29, 0.717) is 11.6 Å². The lowest BCUT2D eigenvalue weighted by Gasteiger charge is -2.11. The van der Waals surface area contributed by atoms with Crippen LogP contribution >= 0.6 is 0 Å². The molecule has 1 aromatic heterocycles. The van der Waals surface area contributed by atoms with Gasteiger partial charge in [-0.1, -0.05) is 6.92 Å². The minimum Gasteiger partial charge on any atom is -0.491 e. The minimum absolute atomic E-state index is 0.166. The molecule has 0 aliphatic heterocycles. The molecule has 0 fully saturated rings. The van der Waals surface area contributed by atoms with Crippen LogP contribution < -0.4 is 10.5 Å². The summed E-state index contributed by atoms with van der Waals surface area (Å²) in [6, 6.07) is 7.78. The van der Waals surface area contributed by atoms with Crippen molar-refractivity contribution in [2.24, 2.45) is 0 Å². The first kappa shape index (κ1) is 14.3. The Morgan fingerprint density at radius 2 is 1.80 bits per heavy atom. The molecule has 0 spiro atoms. The van der Waals surface area contributed by atoms with Crippen LogP contribution in [0.1, 0.15) is 32.0 Å². The molecule has 2 rings (SSSR count). The molecule has 2 aromatic rings. The molecule has 0 aliphatic carbocycles. The van der Waals surface area contributed by atoms with Gasteiger partial charge in [0.1, 0.15) is 11.6 Å². The molecule has 1 heterocycles. The van der Waals surface area contributed by atoms with Gasteiger partial charge < -0.3 is 10.5 Å². The van der Waals surface area contributed by atoms with Gasteiger partial charge in [-0.15, -0.1) is 0 Å². The fourth-order valence-electron chi connectivity index (χ4n) is 2.01. The van der Waals surface area contributed by atoms with Gasteiger partial charge >= 0.3 is 0 Å². The van der Waals surface area contributed by atoms with Gasteiger partial charge in [0.2, 0.25) is 0 Å². The maximum atomic E-state index is 5.95. The number of hydrogen-bond acceptors (Lipinski definition) is 4. The van der Waals surface area contributed by atoms with Crippen molar-refractivity contribution < 1.29 is 4.74 Å². The van der Waals surface area contributed by atoms with Crippen molar-refractivity contribution in [2.45, 2.75) is 40.2 Å². The van der Waals surface area contributed by atoms with Gasteiger partial charge in [0, 0.05) is 16.8 Å². The maximum absolute atomic E-state index is 5.95. The molecular formula is C16H21N3O. The van der Waals surface area contributed by atoms with Crippen LogP contribution in [0.2, 0.25) is 0 Å². The Bertz CT molecular complexity index is 591. The first-order chi connectivity index (χ1) is 9.51. The van der Waals surface area contributed by atoms with Crippen LogP contribution in [0.3, 0.4) is 0 Å². The number of nitrogens with two attached hydrogens (primary N) is 1. The number of rotatable bonds is 4. The van der Waals surface area contributed by atoms with E-state index in [9.17, 15) is 0 Å². The molecule has 0 bridgehead atoms. The summed E-state index contributed by atoms with van der Waals surface area (Å²) in [5.74, 6) is 2.06. The second kappa shape index (κ2) is 5.90. The fourth-order valence-corrected chi connectivity index (χ4v) is 2.01. The maximum Gasteiger partial charge on any atom is 0.161 e. The summed E-state index contributed by atoms with van der Waals surface area (Å²) < 4.78 is 5.63. The zero-order valence-electron chi connectivity index (χ0n) is 12.5. The second-order valence-electron chi connectivity index (χ2n) is 5.05. The summed E-state index contributed by atoms with van der Waals surface area (Å²) in [6.45, 7) is 8.03. The van der Waals surface area contributed by atoms with E-state index >= 15 is 0 Å². The van der Waals surface area contributed by atoms with Crippen molar-refractivity contribution in [1.82, 2.24) is 9.97 Å². The van der Waals surface area contributed by atoms with E-state index in [0.717, 1.165) is 29.0 Å². The number of aromatic nitrogens is 2. The Morgan fingerprint density at radius 3 is 2.35 bits per heavy atom. The number of ether oxygens (including phenoxy) is 1. The molecule has 1 aromatic carbocycles. The molecule has 4 heteroatoms. The van der Waals surface area contributed by atoms with Crippen molar-refractivity contribution in [1.29, 1.82) is 0 Å². The molecule has 0 atom stereocenters. The highest BCUT2D eigenvalue weighted by molar-refractivity contribution is 5.59. The predicted molar refractivity (Wildman–Crippen MR) is 81.8 cm³/mol. The standard InChI is InChI=1S/C16H21N3O/c1-5-14-11(4)15(17)19-16(18-14)12-6-8-13(9-7-12)20-10(2)3/h6-10H,5H2,1-4H3,(H2,17,18,19). The van der Waals surface area contributed by atoms with Crippen LogP contribution in [0.4, 0.5) is 5.82 Å². The number of nitrogens with zero attached hydrogens (tertiary/aromatic N) is 2. The topological polar surface area (TPSA) is 61.0 Å². The Morgan fingerprint density at radius 1 is 1.15 bits per heavy atom. The normalized spacial score (nSPS) is 10.8. The Balaban J connectivity index is 2.34. The van der Waals surface area contributed by atoms with Crippen LogP contribution in [0.15, 0.2) is 24.3 Å². The third-order valence-corrected chi connectivity index (χ3v) is 3.10. The summed E-state index contributed by atoms with van der Waals surface area (Å²) in [7, 11) is 0. The Labute approximate surface area is 120 Å². The minimum atomic E-state index is 0.166. The molecule has 4 nitrogen and oxygen atoms in total. The molecule has 0 aliphatic rings. The first-order valence-electron chi connectivity index (χ1n) is 6.91. The summed E-state index contributed by atoms with van der Waals surface area (Å²) in [5, 5.41) is 0. The van der Waals surface area contributed by atoms with Crippen molar-refractivity contribution >= 4 is 5.82 Å². The van der Waals surface area contributed by atoms with E-state index in [2.05, 4.69) is 16.9 Å². The van der Waals surface area contributed by atoms with Gasteiger partial charge in [-0.05, 0) is 51.5 Å². The highest BCUT2D eigenvalue weighted by atomic mass is 16.5.